The Morgan fingerprint density at radius 2 is 1.77 bits per heavy atom. The van der Waals surface area contributed by atoms with Crippen LogP contribution in [-0.2, 0) is 4.79 Å². The van der Waals surface area contributed by atoms with E-state index >= 15 is 0 Å². The summed E-state index contributed by atoms with van der Waals surface area (Å²) in [5.41, 5.74) is -1.74. The van der Waals surface area contributed by atoms with Crippen molar-refractivity contribution in [3.63, 3.8) is 0 Å². The Hall–Kier alpha value is -2.46. The monoisotopic (exact) mass is 440 g/mol. The minimum atomic E-state index is -4.82. The predicted molar refractivity (Wildman–Crippen MR) is 94.3 cm³/mol. The summed E-state index contributed by atoms with van der Waals surface area (Å²) in [6, 6.07) is -1.94. The molecule has 1 aliphatic rings. The van der Waals surface area contributed by atoms with Gasteiger partial charge in [-0.2, -0.15) is 13.2 Å². The molecule has 0 unspecified atom stereocenters. The van der Waals surface area contributed by atoms with Gasteiger partial charge in [0, 0.05) is 23.6 Å². The number of carbonyl (C=O) groups is 2. The van der Waals surface area contributed by atoms with E-state index in [0.29, 0.717) is 21.9 Å². The van der Waals surface area contributed by atoms with E-state index in [4.69, 9.17) is 0 Å². The van der Waals surface area contributed by atoms with Gasteiger partial charge in [-0.15, -0.1) is 0 Å². The minimum Gasteiger partial charge on any atom is -0.465 e. The average molecular weight is 440 g/mol. The fraction of sp³-hybridized carbons (Fsp3) is 0.579. The minimum absolute atomic E-state index is 0.293. The van der Waals surface area contributed by atoms with Gasteiger partial charge in [0.05, 0.1) is 0 Å². The lowest BCUT2D eigenvalue weighted by molar-refractivity contribution is -0.174. The first kappa shape index (κ1) is 23.8. The SMILES string of the molecule is C[C@@H]1[C@H](c2cc(F)cc(F)c2F)C[C@H](N(C(=O)O)C(C)(C)C)C(=O)N1CC(F)(F)F. The van der Waals surface area contributed by atoms with E-state index in [-0.39, 0.29) is 0 Å². The van der Waals surface area contributed by atoms with E-state index in [9.17, 15) is 41.0 Å². The van der Waals surface area contributed by atoms with Crippen molar-refractivity contribution in [2.24, 2.45) is 0 Å². The van der Waals surface area contributed by atoms with Crippen molar-refractivity contribution < 1.29 is 41.0 Å². The van der Waals surface area contributed by atoms with Crippen LogP contribution in [0, 0.1) is 17.5 Å². The van der Waals surface area contributed by atoms with Crippen LogP contribution in [0.3, 0.4) is 0 Å². The van der Waals surface area contributed by atoms with Crippen LogP contribution in [0.1, 0.15) is 45.6 Å². The zero-order valence-electron chi connectivity index (χ0n) is 16.7. The first-order chi connectivity index (χ1) is 13.5. The van der Waals surface area contributed by atoms with Gasteiger partial charge in [-0.25, -0.2) is 18.0 Å². The lowest BCUT2D eigenvalue weighted by atomic mass is 9.80. The van der Waals surface area contributed by atoms with Crippen molar-refractivity contribution in [1.29, 1.82) is 0 Å². The number of likely N-dealkylation sites (tertiary alicyclic amines) is 1. The van der Waals surface area contributed by atoms with Crippen LogP contribution in [0.15, 0.2) is 12.1 Å². The van der Waals surface area contributed by atoms with Crippen molar-refractivity contribution >= 4 is 12.0 Å². The van der Waals surface area contributed by atoms with E-state index in [0.717, 1.165) is 0 Å². The van der Waals surface area contributed by atoms with Crippen LogP contribution in [0.5, 0.6) is 0 Å². The molecule has 1 saturated heterocycles. The molecule has 0 radical (unpaired) electrons. The second-order valence-electron chi connectivity index (χ2n) is 8.29. The Morgan fingerprint density at radius 1 is 1.20 bits per heavy atom. The molecular weight excluding hydrogens is 418 g/mol. The second-order valence-corrected chi connectivity index (χ2v) is 8.29. The Bertz CT molecular complexity index is 837. The van der Waals surface area contributed by atoms with Gasteiger partial charge < -0.3 is 10.0 Å². The number of amides is 2. The highest BCUT2D eigenvalue weighted by molar-refractivity contribution is 5.87. The Labute approximate surface area is 169 Å². The molecule has 11 heteroatoms. The van der Waals surface area contributed by atoms with Gasteiger partial charge in [0.2, 0.25) is 5.91 Å². The van der Waals surface area contributed by atoms with Gasteiger partial charge >= 0.3 is 12.3 Å². The van der Waals surface area contributed by atoms with Crippen LogP contribution in [-0.4, -0.2) is 57.3 Å². The summed E-state index contributed by atoms with van der Waals surface area (Å²) in [6.07, 6.45) is -6.82. The van der Waals surface area contributed by atoms with E-state index in [1.807, 2.05) is 0 Å². The molecule has 0 bridgehead atoms. The molecular formula is C19H22F6N2O3. The Morgan fingerprint density at radius 3 is 2.23 bits per heavy atom. The quantitative estimate of drug-likeness (QED) is 0.556. The summed E-state index contributed by atoms with van der Waals surface area (Å²) in [5, 5.41) is 9.60. The number of carboxylic acid groups (broad SMARTS) is 1. The van der Waals surface area contributed by atoms with Gasteiger partial charge in [0.15, 0.2) is 11.6 Å². The third kappa shape index (κ3) is 4.81. The topological polar surface area (TPSA) is 60.9 Å². The molecule has 0 spiro atoms. The molecule has 1 heterocycles. The molecule has 1 aromatic rings. The molecule has 2 rings (SSSR count). The fourth-order valence-corrected chi connectivity index (χ4v) is 3.90. The zero-order valence-corrected chi connectivity index (χ0v) is 16.7. The molecule has 0 aliphatic carbocycles. The summed E-state index contributed by atoms with van der Waals surface area (Å²) in [7, 11) is 0. The van der Waals surface area contributed by atoms with Gasteiger partial charge in [0.25, 0.3) is 0 Å². The third-order valence-electron chi connectivity index (χ3n) is 5.13. The maximum Gasteiger partial charge on any atom is 0.408 e. The Kier molecular flexibility index (Phi) is 6.34. The molecule has 168 valence electrons. The largest absolute Gasteiger partial charge is 0.465 e. The predicted octanol–water partition coefficient (Wildman–Crippen LogP) is 4.52. The number of benzene rings is 1. The highest BCUT2D eigenvalue weighted by Crippen LogP contribution is 2.40. The van der Waals surface area contributed by atoms with Crippen LogP contribution < -0.4 is 0 Å². The van der Waals surface area contributed by atoms with Gasteiger partial charge in [-0.05, 0) is 45.7 Å². The highest BCUT2D eigenvalue weighted by atomic mass is 19.4. The number of hydrogen-bond donors (Lipinski definition) is 1. The zero-order chi connectivity index (χ0) is 23.2. The molecule has 2 amide bonds. The number of halogens is 6. The molecule has 1 aromatic carbocycles. The van der Waals surface area contributed by atoms with Crippen molar-refractivity contribution in [3.05, 3.63) is 35.1 Å². The standard InChI is InChI=1S/C19H22F6N2O3/c1-9-11(12-5-10(20)6-13(21)15(12)22)7-14(27(17(29)30)18(2,3)4)16(28)26(9)8-19(23,24)25/h5-6,9,11,14H,7-8H2,1-4H3,(H,29,30)/t9-,11-,14+/m1/s1. The summed E-state index contributed by atoms with van der Waals surface area (Å²) in [6.45, 7) is 3.82. The number of hydrogen-bond acceptors (Lipinski definition) is 2. The lowest BCUT2D eigenvalue weighted by Crippen LogP contribution is -2.64. The molecule has 1 fully saturated rings. The van der Waals surface area contributed by atoms with E-state index < -0.39 is 77.7 Å². The van der Waals surface area contributed by atoms with Crippen LogP contribution in [0.2, 0.25) is 0 Å². The first-order valence-electron chi connectivity index (χ1n) is 9.08. The maximum atomic E-state index is 14.4. The van der Waals surface area contributed by atoms with Crippen molar-refractivity contribution in [2.75, 3.05) is 6.54 Å². The number of alkyl halides is 3. The number of piperidine rings is 1. The number of rotatable bonds is 3. The first-order valence-corrected chi connectivity index (χ1v) is 9.08. The average Bonchev–Trinajstić information content (AvgIpc) is 2.55. The lowest BCUT2D eigenvalue weighted by Gasteiger charge is -2.48. The summed E-state index contributed by atoms with van der Waals surface area (Å²) in [4.78, 5) is 25.8. The molecule has 5 nitrogen and oxygen atoms in total. The molecule has 1 N–H and O–H groups in total. The molecule has 30 heavy (non-hydrogen) atoms. The second kappa shape index (κ2) is 7.99. The van der Waals surface area contributed by atoms with Crippen LogP contribution >= 0.6 is 0 Å². The normalized spacial score (nSPS) is 22.9. The molecule has 3 atom stereocenters. The maximum absolute atomic E-state index is 14.4. The van der Waals surface area contributed by atoms with E-state index in [1.54, 1.807) is 0 Å². The van der Waals surface area contributed by atoms with E-state index in [1.165, 1.54) is 27.7 Å². The van der Waals surface area contributed by atoms with Crippen LogP contribution in [0.4, 0.5) is 31.1 Å². The van der Waals surface area contributed by atoms with Gasteiger partial charge in [-0.1, -0.05) is 0 Å². The van der Waals surface area contributed by atoms with E-state index in [2.05, 4.69) is 0 Å². The van der Waals surface area contributed by atoms with Gasteiger partial charge in [0.1, 0.15) is 18.4 Å². The number of nitrogens with zero attached hydrogens (tertiary/aromatic N) is 2. The summed E-state index contributed by atoms with van der Waals surface area (Å²) in [5.74, 6) is -6.50. The molecule has 0 aromatic heterocycles. The van der Waals surface area contributed by atoms with Crippen molar-refractivity contribution in [3.8, 4) is 0 Å². The summed E-state index contributed by atoms with van der Waals surface area (Å²) < 4.78 is 81.3. The van der Waals surface area contributed by atoms with Crippen molar-refractivity contribution in [1.82, 2.24) is 9.80 Å². The number of carbonyl (C=O) groups excluding carboxylic acids is 1. The van der Waals surface area contributed by atoms with Crippen molar-refractivity contribution in [2.45, 2.75) is 63.8 Å². The molecule has 1 aliphatic heterocycles. The summed E-state index contributed by atoms with van der Waals surface area (Å²) >= 11 is 0. The third-order valence-corrected chi connectivity index (χ3v) is 5.13. The highest BCUT2D eigenvalue weighted by Gasteiger charge is 2.50. The molecule has 0 saturated carbocycles. The smallest absolute Gasteiger partial charge is 0.408 e. The Balaban J connectivity index is 2.63. The van der Waals surface area contributed by atoms with Crippen LogP contribution in [0.25, 0.3) is 0 Å². The van der Waals surface area contributed by atoms with Gasteiger partial charge in [-0.3, -0.25) is 9.69 Å². The fourth-order valence-electron chi connectivity index (χ4n) is 3.90.